The third-order valence-corrected chi connectivity index (χ3v) is 3.04. The highest BCUT2D eigenvalue weighted by Gasteiger charge is 2.19. The molecule has 1 unspecified atom stereocenters. The normalized spacial score (nSPS) is 11.4. The second-order valence-electron chi connectivity index (χ2n) is 4.42. The zero-order valence-electron chi connectivity index (χ0n) is 12.8. The molecule has 0 fully saturated rings. The minimum atomic E-state index is -0.623. The number of hydrogen-bond donors (Lipinski definition) is 1. The number of carbonyl (C=O) groups excluding carboxylic acids is 2. The summed E-state index contributed by atoms with van der Waals surface area (Å²) in [5.74, 6) is 0.461. The molecule has 0 aliphatic heterocycles. The fourth-order valence-electron chi connectivity index (χ4n) is 1.89. The summed E-state index contributed by atoms with van der Waals surface area (Å²) in [5.41, 5.74) is 0.768. The van der Waals surface area contributed by atoms with Crippen LogP contribution in [0.5, 0.6) is 11.5 Å². The van der Waals surface area contributed by atoms with Crippen LogP contribution in [0.4, 0.5) is 0 Å². The van der Waals surface area contributed by atoms with Crippen molar-refractivity contribution < 1.29 is 23.8 Å². The average Bonchev–Trinajstić information content (AvgIpc) is 2.51. The van der Waals surface area contributed by atoms with Crippen LogP contribution in [0, 0.1) is 0 Å². The SMILES string of the molecule is CCC(NC(=O)Cc1ccc(OC)c(OC)c1)C(=O)OC. The van der Waals surface area contributed by atoms with Gasteiger partial charge in [-0.05, 0) is 24.1 Å². The van der Waals surface area contributed by atoms with Crippen LogP contribution in [0.1, 0.15) is 18.9 Å². The van der Waals surface area contributed by atoms with Gasteiger partial charge in [-0.2, -0.15) is 0 Å². The van der Waals surface area contributed by atoms with Gasteiger partial charge in [-0.3, -0.25) is 4.79 Å². The lowest BCUT2D eigenvalue weighted by Crippen LogP contribution is -2.41. The predicted octanol–water partition coefficient (Wildman–Crippen LogP) is 1.31. The molecule has 1 amide bonds. The Morgan fingerprint density at radius 3 is 2.33 bits per heavy atom. The van der Waals surface area contributed by atoms with Gasteiger partial charge in [-0.15, -0.1) is 0 Å². The van der Waals surface area contributed by atoms with E-state index in [2.05, 4.69) is 10.1 Å². The van der Waals surface area contributed by atoms with Crippen molar-refractivity contribution in [1.29, 1.82) is 0 Å². The molecule has 1 N–H and O–H groups in total. The Bertz CT molecular complexity index is 501. The van der Waals surface area contributed by atoms with Crippen LogP contribution in [-0.2, 0) is 20.7 Å². The van der Waals surface area contributed by atoms with Crippen LogP contribution in [0.3, 0.4) is 0 Å². The number of amides is 1. The third kappa shape index (κ3) is 4.66. The molecule has 1 atom stereocenters. The van der Waals surface area contributed by atoms with Gasteiger partial charge >= 0.3 is 5.97 Å². The molecule has 1 aromatic carbocycles. The first-order valence-corrected chi connectivity index (χ1v) is 6.63. The van der Waals surface area contributed by atoms with E-state index in [1.54, 1.807) is 32.2 Å². The molecule has 1 rings (SSSR count). The fourth-order valence-corrected chi connectivity index (χ4v) is 1.89. The van der Waals surface area contributed by atoms with Crippen LogP contribution in [0.25, 0.3) is 0 Å². The number of esters is 1. The first kappa shape index (κ1) is 16.8. The number of carbonyl (C=O) groups is 2. The van der Waals surface area contributed by atoms with E-state index in [1.165, 1.54) is 14.2 Å². The lowest BCUT2D eigenvalue weighted by molar-refractivity contribution is -0.145. The Labute approximate surface area is 124 Å². The smallest absolute Gasteiger partial charge is 0.328 e. The van der Waals surface area contributed by atoms with Gasteiger partial charge in [-0.1, -0.05) is 13.0 Å². The number of nitrogens with one attached hydrogen (secondary N) is 1. The summed E-state index contributed by atoms with van der Waals surface area (Å²) < 4.78 is 15.0. The van der Waals surface area contributed by atoms with E-state index in [4.69, 9.17) is 9.47 Å². The maximum Gasteiger partial charge on any atom is 0.328 e. The van der Waals surface area contributed by atoms with Gasteiger partial charge in [0.1, 0.15) is 6.04 Å². The Hall–Kier alpha value is -2.24. The van der Waals surface area contributed by atoms with E-state index in [1.807, 2.05) is 0 Å². The van der Waals surface area contributed by atoms with Gasteiger partial charge in [0.15, 0.2) is 11.5 Å². The number of hydrogen-bond acceptors (Lipinski definition) is 5. The molecule has 0 spiro atoms. The maximum atomic E-state index is 12.0. The summed E-state index contributed by atoms with van der Waals surface area (Å²) in [5, 5.41) is 2.65. The molecule has 1 aromatic rings. The number of methoxy groups -OCH3 is 3. The van der Waals surface area contributed by atoms with Crippen molar-refractivity contribution in [2.75, 3.05) is 21.3 Å². The topological polar surface area (TPSA) is 73.9 Å². The molecule has 116 valence electrons. The van der Waals surface area contributed by atoms with Crippen molar-refractivity contribution in [3.05, 3.63) is 23.8 Å². The van der Waals surface area contributed by atoms with E-state index in [-0.39, 0.29) is 12.3 Å². The van der Waals surface area contributed by atoms with Crippen molar-refractivity contribution >= 4 is 11.9 Å². The van der Waals surface area contributed by atoms with Crippen LogP contribution in [0.2, 0.25) is 0 Å². The van der Waals surface area contributed by atoms with Gasteiger partial charge in [-0.25, -0.2) is 4.79 Å². The van der Waals surface area contributed by atoms with Gasteiger partial charge in [0, 0.05) is 0 Å². The highest BCUT2D eigenvalue weighted by atomic mass is 16.5. The van der Waals surface area contributed by atoms with Crippen molar-refractivity contribution in [3.8, 4) is 11.5 Å². The highest BCUT2D eigenvalue weighted by Crippen LogP contribution is 2.27. The first-order valence-electron chi connectivity index (χ1n) is 6.63. The van der Waals surface area contributed by atoms with E-state index < -0.39 is 12.0 Å². The summed E-state index contributed by atoms with van der Waals surface area (Å²) in [6, 6.07) is 4.62. The van der Waals surface area contributed by atoms with Crippen molar-refractivity contribution in [2.24, 2.45) is 0 Å². The number of benzene rings is 1. The van der Waals surface area contributed by atoms with E-state index in [0.717, 1.165) is 5.56 Å². The number of ether oxygens (including phenoxy) is 3. The third-order valence-electron chi connectivity index (χ3n) is 3.04. The van der Waals surface area contributed by atoms with Crippen molar-refractivity contribution in [1.82, 2.24) is 5.32 Å². The summed E-state index contributed by atoms with van der Waals surface area (Å²) in [6.07, 6.45) is 0.623. The Morgan fingerprint density at radius 1 is 1.14 bits per heavy atom. The molecule has 0 radical (unpaired) electrons. The molecule has 21 heavy (non-hydrogen) atoms. The predicted molar refractivity (Wildman–Crippen MR) is 77.5 cm³/mol. The highest BCUT2D eigenvalue weighted by molar-refractivity contribution is 5.85. The van der Waals surface area contributed by atoms with Gasteiger partial charge < -0.3 is 19.5 Å². The van der Waals surface area contributed by atoms with E-state index >= 15 is 0 Å². The first-order chi connectivity index (χ1) is 10.0. The largest absolute Gasteiger partial charge is 0.493 e. The Kier molecular flexibility index (Phi) is 6.52. The maximum absolute atomic E-state index is 12.0. The van der Waals surface area contributed by atoms with E-state index in [0.29, 0.717) is 17.9 Å². The lowest BCUT2D eigenvalue weighted by atomic mass is 10.1. The molecule has 0 aliphatic rings. The standard InChI is InChI=1S/C15H21NO5/c1-5-11(15(18)21-4)16-14(17)9-10-6-7-12(19-2)13(8-10)20-3/h6-8,11H,5,9H2,1-4H3,(H,16,17). The van der Waals surface area contributed by atoms with Gasteiger partial charge in [0.25, 0.3) is 0 Å². The van der Waals surface area contributed by atoms with Crippen molar-refractivity contribution in [3.63, 3.8) is 0 Å². The minimum absolute atomic E-state index is 0.147. The Morgan fingerprint density at radius 2 is 1.81 bits per heavy atom. The molecular formula is C15H21NO5. The molecule has 0 aliphatic carbocycles. The van der Waals surface area contributed by atoms with Crippen LogP contribution in [-0.4, -0.2) is 39.2 Å². The van der Waals surface area contributed by atoms with Gasteiger partial charge in [0.2, 0.25) is 5.91 Å². The molecular weight excluding hydrogens is 274 g/mol. The lowest BCUT2D eigenvalue weighted by Gasteiger charge is -2.15. The van der Waals surface area contributed by atoms with Crippen molar-refractivity contribution in [2.45, 2.75) is 25.8 Å². The molecule has 6 nitrogen and oxygen atoms in total. The summed E-state index contributed by atoms with van der Waals surface area (Å²) in [4.78, 5) is 23.4. The quantitative estimate of drug-likeness (QED) is 0.768. The van der Waals surface area contributed by atoms with Crippen LogP contribution in [0.15, 0.2) is 18.2 Å². The molecule has 0 saturated carbocycles. The summed E-state index contributed by atoms with van der Waals surface area (Å²) in [7, 11) is 4.38. The zero-order chi connectivity index (χ0) is 15.8. The Balaban J connectivity index is 2.72. The monoisotopic (exact) mass is 295 g/mol. The molecule has 6 heteroatoms. The molecule has 0 heterocycles. The zero-order valence-corrected chi connectivity index (χ0v) is 12.8. The van der Waals surface area contributed by atoms with Crippen LogP contribution >= 0.6 is 0 Å². The molecule has 0 saturated heterocycles. The van der Waals surface area contributed by atoms with Crippen LogP contribution < -0.4 is 14.8 Å². The van der Waals surface area contributed by atoms with Gasteiger partial charge in [0.05, 0.1) is 27.8 Å². The second kappa shape index (κ2) is 8.14. The minimum Gasteiger partial charge on any atom is -0.493 e. The average molecular weight is 295 g/mol. The molecule has 0 bridgehead atoms. The number of rotatable bonds is 7. The van der Waals surface area contributed by atoms with E-state index in [9.17, 15) is 9.59 Å². The summed E-state index contributed by atoms with van der Waals surface area (Å²) in [6.45, 7) is 1.80. The second-order valence-corrected chi connectivity index (χ2v) is 4.42. The fraction of sp³-hybridized carbons (Fsp3) is 0.467. The molecule has 0 aromatic heterocycles. The summed E-state index contributed by atoms with van der Waals surface area (Å²) >= 11 is 0.